The van der Waals surface area contributed by atoms with Crippen molar-refractivity contribution < 1.29 is 9.59 Å². The number of thioether (sulfide) groups is 1. The molecule has 1 aliphatic heterocycles. The van der Waals surface area contributed by atoms with Crippen molar-refractivity contribution in [3.63, 3.8) is 0 Å². The number of aromatic nitrogens is 2. The van der Waals surface area contributed by atoms with Crippen LogP contribution in [0.3, 0.4) is 0 Å². The average molecular weight is 483 g/mol. The molecule has 1 aliphatic rings. The summed E-state index contributed by atoms with van der Waals surface area (Å²) in [5.41, 5.74) is 4.34. The highest BCUT2D eigenvalue weighted by atomic mass is 32.2. The molecule has 8 heteroatoms. The third kappa shape index (κ3) is 5.02. The van der Waals surface area contributed by atoms with Crippen molar-refractivity contribution in [3.05, 3.63) is 106 Å². The predicted molar refractivity (Wildman–Crippen MR) is 138 cm³/mol. The molecular formula is C27H22N4O3S. The molecule has 0 aliphatic carbocycles. The molecule has 2 amide bonds. The number of hydrogen-bond acceptors (Lipinski definition) is 5. The molecule has 0 saturated carbocycles. The Balaban J connectivity index is 1.28. The van der Waals surface area contributed by atoms with Gasteiger partial charge >= 0.3 is 0 Å². The minimum Gasteiger partial charge on any atom is -0.322 e. The van der Waals surface area contributed by atoms with Crippen molar-refractivity contribution >= 4 is 35.0 Å². The largest absolute Gasteiger partial charge is 0.322 e. The van der Waals surface area contributed by atoms with Gasteiger partial charge in [-0.2, -0.15) is 5.10 Å². The van der Waals surface area contributed by atoms with Crippen LogP contribution in [0.15, 0.2) is 94.6 Å². The number of anilines is 2. The molecule has 5 rings (SSSR count). The molecule has 0 fully saturated rings. The van der Waals surface area contributed by atoms with Crippen molar-refractivity contribution in [2.24, 2.45) is 0 Å². The van der Waals surface area contributed by atoms with Crippen molar-refractivity contribution in [1.29, 1.82) is 0 Å². The van der Waals surface area contributed by atoms with Crippen molar-refractivity contribution in [2.45, 2.75) is 11.3 Å². The number of rotatable bonds is 6. The Morgan fingerprint density at radius 1 is 0.971 bits per heavy atom. The van der Waals surface area contributed by atoms with Gasteiger partial charge in [-0.15, -0.1) is 11.8 Å². The molecule has 35 heavy (non-hydrogen) atoms. The number of H-pyrrole nitrogens is 1. The van der Waals surface area contributed by atoms with E-state index < -0.39 is 0 Å². The lowest BCUT2D eigenvalue weighted by atomic mass is 10.1. The van der Waals surface area contributed by atoms with Gasteiger partial charge in [-0.1, -0.05) is 42.5 Å². The van der Waals surface area contributed by atoms with Gasteiger partial charge in [0.15, 0.2) is 0 Å². The van der Waals surface area contributed by atoms with Crippen LogP contribution in [0.2, 0.25) is 0 Å². The summed E-state index contributed by atoms with van der Waals surface area (Å²) in [6.45, 7) is 0.682. The molecule has 0 atom stereocenters. The van der Waals surface area contributed by atoms with Crippen LogP contribution in [0.5, 0.6) is 0 Å². The van der Waals surface area contributed by atoms with Gasteiger partial charge in [-0.3, -0.25) is 14.4 Å². The summed E-state index contributed by atoms with van der Waals surface area (Å²) in [5, 5.41) is 9.38. The average Bonchev–Trinajstić information content (AvgIpc) is 3.32. The van der Waals surface area contributed by atoms with Gasteiger partial charge < -0.3 is 10.2 Å². The number of carbonyl (C=O) groups is 2. The maximum absolute atomic E-state index is 13.1. The Morgan fingerprint density at radius 2 is 1.80 bits per heavy atom. The van der Waals surface area contributed by atoms with Gasteiger partial charge in [-0.25, -0.2) is 5.10 Å². The second kappa shape index (κ2) is 9.99. The number of benzene rings is 3. The number of nitrogens with one attached hydrogen (secondary N) is 2. The number of aromatic amines is 1. The monoisotopic (exact) mass is 482 g/mol. The first kappa shape index (κ1) is 22.6. The van der Waals surface area contributed by atoms with Crippen LogP contribution in [0.25, 0.3) is 11.3 Å². The molecule has 174 valence electrons. The maximum Gasteiger partial charge on any atom is 0.264 e. The van der Waals surface area contributed by atoms with Gasteiger partial charge in [0.25, 0.3) is 11.5 Å². The molecule has 4 aromatic rings. The van der Waals surface area contributed by atoms with Crippen molar-refractivity contribution in [2.75, 3.05) is 22.5 Å². The maximum atomic E-state index is 13.1. The van der Waals surface area contributed by atoms with Gasteiger partial charge in [0.05, 0.1) is 17.0 Å². The third-order valence-corrected chi connectivity index (χ3v) is 6.82. The third-order valence-electron chi connectivity index (χ3n) is 5.77. The molecule has 0 bridgehead atoms. The zero-order valence-electron chi connectivity index (χ0n) is 18.7. The highest BCUT2D eigenvalue weighted by Gasteiger charge is 2.24. The summed E-state index contributed by atoms with van der Waals surface area (Å²) >= 11 is 1.36. The summed E-state index contributed by atoms with van der Waals surface area (Å²) < 4.78 is 0. The summed E-state index contributed by atoms with van der Waals surface area (Å²) in [4.78, 5) is 39.9. The lowest BCUT2D eigenvalue weighted by Crippen LogP contribution is -2.30. The lowest BCUT2D eigenvalue weighted by Gasteiger charge is -2.17. The standard InChI is InChI=1S/C27H22N4O3S/c32-25-13-12-22(29-30-25)19-7-5-8-20(16-19)28-27(34)21-9-2-4-11-24(21)35-17-26(33)31-15-14-18-6-1-3-10-23(18)31/h1-13,16H,14-15,17H2,(H,28,34)(H,30,32). The first-order valence-electron chi connectivity index (χ1n) is 11.2. The summed E-state index contributed by atoms with van der Waals surface area (Å²) in [5.74, 6) is 0.00123. The number of amides is 2. The zero-order valence-corrected chi connectivity index (χ0v) is 19.5. The molecule has 3 aromatic carbocycles. The van der Waals surface area contributed by atoms with E-state index in [2.05, 4.69) is 21.6 Å². The zero-order chi connectivity index (χ0) is 24.2. The predicted octanol–water partition coefficient (Wildman–Crippen LogP) is 4.37. The van der Waals surface area contributed by atoms with E-state index >= 15 is 0 Å². The molecular weight excluding hydrogens is 460 g/mol. The van der Waals surface area contributed by atoms with Crippen LogP contribution in [0, 0.1) is 0 Å². The summed E-state index contributed by atoms with van der Waals surface area (Å²) in [6.07, 6.45) is 0.860. The number of carbonyl (C=O) groups excluding carboxylic acids is 2. The first-order chi connectivity index (χ1) is 17.1. The fourth-order valence-corrected chi connectivity index (χ4v) is 4.98. The summed E-state index contributed by atoms with van der Waals surface area (Å²) in [7, 11) is 0. The minimum absolute atomic E-state index is 0.0243. The second-order valence-corrected chi connectivity index (χ2v) is 9.07. The van der Waals surface area contributed by atoms with Crippen LogP contribution in [0.4, 0.5) is 11.4 Å². The van der Waals surface area contributed by atoms with Crippen molar-refractivity contribution in [3.8, 4) is 11.3 Å². The molecule has 7 nitrogen and oxygen atoms in total. The van der Waals surface area contributed by atoms with Crippen LogP contribution in [-0.2, 0) is 11.2 Å². The van der Waals surface area contributed by atoms with Crippen molar-refractivity contribution in [1.82, 2.24) is 10.2 Å². The number of hydrogen-bond donors (Lipinski definition) is 2. The van der Waals surface area contributed by atoms with Crippen LogP contribution in [-0.4, -0.2) is 34.3 Å². The van der Waals surface area contributed by atoms with E-state index in [1.165, 1.54) is 23.4 Å². The number of fused-ring (bicyclic) bond motifs is 1. The summed E-state index contributed by atoms with van der Waals surface area (Å²) in [6, 6.07) is 25.5. The van der Waals surface area contributed by atoms with Crippen LogP contribution in [0.1, 0.15) is 15.9 Å². The van der Waals surface area contributed by atoms with E-state index in [0.29, 0.717) is 23.5 Å². The molecule has 1 aromatic heterocycles. The number of para-hydroxylation sites is 1. The Bertz CT molecular complexity index is 1450. The molecule has 0 saturated heterocycles. The molecule has 0 unspecified atom stereocenters. The van der Waals surface area contributed by atoms with Crippen LogP contribution < -0.4 is 15.8 Å². The Labute approximate surface area is 206 Å². The van der Waals surface area contributed by atoms with E-state index in [0.717, 1.165) is 22.6 Å². The van der Waals surface area contributed by atoms with Gasteiger partial charge in [0, 0.05) is 34.4 Å². The Morgan fingerprint density at radius 3 is 2.66 bits per heavy atom. The SMILES string of the molecule is O=C(Nc1cccc(-c2ccc(=O)[nH]n2)c1)c1ccccc1SCC(=O)N1CCc2ccccc21. The molecule has 2 heterocycles. The lowest BCUT2D eigenvalue weighted by molar-refractivity contribution is -0.116. The first-order valence-corrected chi connectivity index (χ1v) is 12.1. The normalized spacial score (nSPS) is 12.3. The van der Waals surface area contributed by atoms with Crippen LogP contribution >= 0.6 is 11.8 Å². The number of nitrogens with zero attached hydrogens (tertiary/aromatic N) is 2. The molecule has 2 N–H and O–H groups in total. The van der Waals surface area contributed by atoms with E-state index in [-0.39, 0.29) is 23.1 Å². The topological polar surface area (TPSA) is 95.2 Å². The highest BCUT2D eigenvalue weighted by molar-refractivity contribution is 8.00. The fourth-order valence-electron chi connectivity index (χ4n) is 4.05. The van der Waals surface area contributed by atoms with Gasteiger partial charge in [0.2, 0.25) is 5.91 Å². The van der Waals surface area contributed by atoms with E-state index in [1.807, 2.05) is 47.4 Å². The quantitative estimate of drug-likeness (QED) is 0.398. The molecule has 0 spiro atoms. The Kier molecular flexibility index (Phi) is 6.45. The Hall–Kier alpha value is -4.17. The minimum atomic E-state index is -0.278. The van der Waals surface area contributed by atoms with Gasteiger partial charge in [-0.05, 0) is 48.4 Å². The van der Waals surface area contributed by atoms with E-state index in [9.17, 15) is 14.4 Å². The highest BCUT2D eigenvalue weighted by Crippen LogP contribution is 2.30. The smallest absolute Gasteiger partial charge is 0.264 e. The van der Waals surface area contributed by atoms with E-state index in [1.54, 1.807) is 30.3 Å². The second-order valence-electron chi connectivity index (χ2n) is 8.05. The fraction of sp³-hybridized carbons (Fsp3) is 0.111. The molecule has 0 radical (unpaired) electrons. The van der Waals surface area contributed by atoms with Gasteiger partial charge in [0.1, 0.15) is 0 Å². The van der Waals surface area contributed by atoms with E-state index in [4.69, 9.17) is 0 Å².